The molecule has 1 aliphatic rings. The number of hydrogen-bond acceptors (Lipinski definition) is 2. The standard InChI is InChI=1S/C24H32N4O/c1-19-7-9-21(10-8-19)18-27(3)24(25-2)26-17-20-11-13-22(14-12-20)23(29)28-15-5-4-6-16-28/h7-14H,4-6,15-18H2,1-3H3,(H,25,26). The Morgan fingerprint density at radius 3 is 2.24 bits per heavy atom. The number of hydrogen-bond donors (Lipinski definition) is 1. The molecule has 0 radical (unpaired) electrons. The molecule has 0 atom stereocenters. The highest BCUT2D eigenvalue weighted by atomic mass is 16.2. The van der Waals surface area contributed by atoms with Crippen molar-refractivity contribution in [3.63, 3.8) is 0 Å². The molecular formula is C24H32N4O. The van der Waals surface area contributed by atoms with Crippen LogP contribution in [0.4, 0.5) is 0 Å². The second-order valence-electron chi connectivity index (χ2n) is 7.79. The fourth-order valence-electron chi connectivity index (χ4n) is 3.65. The summed E-state index contributed by atoms with van der Waals surface area (Å²) in [6, 6.07) is 16.5. The number of aliphatic imine (C=N–C) groups is 1. The smallest absolute Gasteiger partial charge is 0.253 e. The normalized spacial score (nSPS) is 14.6. The summed E-state index contributed by atoms with van der Waals surface area (Å²) < 4.78 is 0. The van der Waals surface area contributed by atoms with Gasteiger partial charge >= 0.3 is 0 Å². The number of carbonyl (C=O) groups excluding carboxylic acids is 1. The van der Waals surface area contributed by atoms with E-state index in [0.29, 0.717) is 6.54 Å². The van der Waals surface area contributed by atoms with Crippen LogP contribution in [0.5, 0.6) is 0 Å². The van der Waals surface area contributed by atoms with Crippen LogP contribution in [0.1, 0.15) is 46.3 Å². The highest BCUT2D eigenvalue weighted by Crippen LogP contribution is 2.14. The lowest BCUT2D eigenvalue weighted by atomic mass is 10.1. The summed E-state index contributed by atoms with van der Waals surface area (Å²) in [5, 5.41) is 3.41. The molecular weight excluding hydrogens is 360 g/mol. The zero-order valence-electron chi connectivity index (χ0n) is 17.8. The third kappa shape index (κ3) is 5.83. The predicted octanol–water partition coefficient (Wildman–Crippen LogP) is 3.83. The Kier molecular flexibility index (Phi) is 7.28. The van der Waals surface area contributed by atoms with Gasteiger partial charge < -0.3 is 15.1 Å². The van der Waals surface area contributed by atoms with E-state index < -0.39 is 0 Å². The molecule has 154 valence electrons. The first-order chi connectivity index (χ1) is 14.1. The summed E-state index contributed by atoms with van der Waals surface area (Å²) in [5.74, 6) is 0.997. The van der Waals surface area contributed by atoms with Crippen LogP contribution < -0.4 is 5.32 Å². The molecule has 1 fully saturated rings. The Morgan fingerprint density at radius 1 is 1.00 bits per heavy atom. The predicted molar refractivity (Wildman–Crippen MR) is 119 cm³/mol. The quantitative estimate of drug-likeness (QED) is 0.621. The van der Waals surface area contributed by atoms with E-state index in [4.69, 9.17) is 0 Å². The van der Waals surface area contributed by atoms with Gasteiger partial charge in [-0.05, 0) is 49.4 Å². The lowest BCUT2D eigenvalue weighted by Gasteiger charge is -2.26. The summed E-state index contributed by atoms with van der Waals surface area (Å²) in [6.45, 7) is 5.32. The fourth-order valence-corrected chi connectivity index (χ4v) is 3.65. The van der Waals surface area contributed by atoms with Crippen molar-refractivity contribution in [2.75, 3.05) is 27.2 Å². The summed E-state index contributed by atoms with van der Waals surface area (Å²) in [7, 11) is 3.84. The molecule has 5 nitrogen and oxygen atoms in total. The van der Waals surface area contributed by atoms with E-state index >= 15 is 0 Å². The van der Waals surface area contributed by atoms with Crippen LogP contribution in [-0.2, 0) is 13.1 Å². The Labute approximate surface area is 174 Å². The Balaban J connectivity index is 1.53. The molecule has 0 saturated carbocycles. The number of piperidine rings is 1. The summed E-state index contributed by atoms with van der Waals surface area (Å²) in [6.07, 6.45) is 3.46. The minimum atomic E-state index is 0.151. The van der Waals surface area contributed by atoms with E-state index in [-0.39, 0.29) is 5.91 Å². The van der Waals surface area contributed by atoms with Gasteiger partial charge in [0.1, 0.15) is 0 Å². The van der Waals surface area contributed by atoms with Gasteiger partial charge in [0.25, 0.3) is 5.91 Å². The number of nitrogens with one attached hydrogen (secondary N) is 1. The molecule has 1 heterocycles. The average molecular weight is 393 g/mol. The molecule has 1 aliphatic heterocycles. The highest BCUT2D eigenvalue weighted by molar-refractivity contribution is 5.94. The highest BCUT2D eigenvalue weighted by Gasteiger charge is 2.17. The SMILES string of the molecule is CN=C(NCc1ccc(C(=O)N2CCCCC2)cc1)N(C)Cc1ccc(C)cc1. The van der Waals surface area contributed by atoms with Gasteiger partial charge in [0.05, 0.1) is 0 Å². The zero-order valence-corrected chi connectivity index (χ0v) is 17.8. The van der Waals surface area contributed by atoms with Crippen molar-refractivity contribution in [1.82, 2.24) is 15.1 Å². The fraction of sp³-hybridized carbons (Fsp3) is 0.417. The monoisotopic (exact) mass is 392 g/mol. The van der Waals surface area contributed by atoms with Crippen LogP contribution in [-0.4, -0.2) is 48.9 Å². The van der Waals surface area contributed by atoms with Gasteiger partial charge in [0, 0.05) is 45.8 Å². The van der Waals surface area contributed by atoms with Crippen molar-refractivity contribution in [2.45, 2.75) is 39.3 Å². The lowest BCUT2D eigenvalue weighted by molar-refractivity contribution is 0.0724. The number of carbonyl (C=O) groups is 1. The van der Waals surface area contributed by atoms with Gasteiger partial charge in [0.2, 0.25) is 0 Å². The van der Waals surface area contributed by atoms with E-state index in [0.717, 1.165) is 49.6 Å². The maximum atomic E-state index is 12.6. The van der Waals surface area contributed by atoms with Crippen LogP contribution >= 0.6 is 0 Å². The van der Waals surface area contributed by atoms with Crippen molar-refractivity contribution >= 4 is 11.9 Å². The molecule has 0 unspecified atom stereocenters. The van der Waals surface area contributed by atoms with Crippen LogP contribution in [0.3, 0.4) is 0 Å². The Bertz CT molecular complexity index is 821. The van der Waals surface area contributed by atoms with Gasteiger partial charge in [-0.2, -0.15) is 0 Å². The number of rotatable bonds is 5. The second kappa shape index (κ2) is 10.1. The minimum absolute atomic E-state index is 0.151. The van der Waals surface area contributed by atoms with Crippen molar-refractivity contribution in [1.29, 1.82) is 0 Å². The van der Waals surface area contributed by atoms with Crippen LogP contribution in [0, 0.1) is 6.92 Å². The number of nitrogens with zero attached hydrogens (tertiary/aromatic N) is 3. The van der Waals surface area contributed by atoms with Gasteiger partial charge in [-0.1, -0.05) is 42.0 Å². The van der Waals surface area contributed by atoms with E-state index in [1.807, 2.05) is 36.2 Å². The van der Waals surface area contributed by atoms with Gasteiger partial charge in [-0.15, -0.1) is 0 Å². The largest absolute Gasteiger partial charge is 0.352 e. The van der Waals surface area contributed by atoms with E-state index in [9.17, 15) is 4.79 Å². The third-order valence-electron chi connectivity index (χ3n) is 5.41. The van der Waals surface area contributed by atoms with Crippen LogP contribution in [0.15, 0.2) is 53.5 Å². The molecule has 0 aromatic heterocycles. The molecule has 0 aliphatic carbocycles. The minimum Gasteiger partial charge on any atom is -0.352 e. The number of amides is 1. The van der Waals surface area contributed by atoms with Crippen LogP contribution in [0.2, 0.25) is 0 Å². The second-order valence-corrected chi connectivity index (χ2v) is 7.79. The van der Waals surface area contributed by atoms with Crippen molar-refractivity contribution in [3.8, 4) is 0 Å². The molecule has 2 aromatic rings. The topological polar surface area (TPSA) is 47.9 Å². The third-order valence-corrected chi connectivity index (χ3v) is 5.41. The van der Waals surface area contributed by atoms with E-state index in [2.05, 4.69) is 46.4 Å². The maximum absolute atomic E-state index is 12.6. The Hall–Kier alpha value is -2.82. The first-order valence-corrected chi connectivity index (χ1v) is 10.4. The summed E-state index contributed by atoms with van der Waals surface area (Å²) in [5.41, 5.74) is 4.42. The van der Waals surface area contributed by atoms with Crippen molar-refractivity contribution in [3.05, 3.63) is 70.8 Å². The summed E-state index contributed by atoms with van der Waals surface area (Å²) in [4.78, 5) is 21.1. The molecule has 1 saturated heterocycles. The maximum Gasteiger partial charge on any atom is 0.253 e. The molecule has 3 rings (SSSR count). The van der Waals surface area contributed by atoms with Gasteiger partial charge in [-0.3, -0.25) is 9.79 Å². The van der Waals surface area contributed by atoms with Crippen molar-refractivity contribution in [2.24, 2.45) is 4.99 Å². The van der Waals surface area contributed by atoms with E-state index in [1.165, 1.54) is 17.5 Å². The van der Waals surface area contributed by atoms with E-state index in [1.54, 1.807) is 7.05 Å². The number of aryl methyl sites for hydroxylation is 1. The molecule has 1 amide bonds. The van der Waals surface area contributed by atoms with Crippen molar-refractivity contribution < 1.29 is 4.79 Å². The van der Waals surface area contributed by atoms with Crippen LogP contribution in [0.25, 0.3) is 0 Å². The zero-order chi connectivity index (χ0) is 20.6. The van der Waals surface area contributed by atoms with Gasteiger partial charge in [-0.25, -0.2) is 0 Å². The number of guanidine groups is 1. The molecule has 1 N–H and O–H groups in total. The summed E-state index contributed by atoms with van der Waals surface area (Å²) >= 11 is 0. The average Bonchev–Trinajstić information content (AvgIpc) is 2.76. The molecule has 29 heavy (non-hydrogen) atoms. The molecule has 5 heteroatoms. The Morgan fingerprint density at radius 2 is 1.62 bits per heavy atom. The number of benzene rings is 2. The first kappa shape index (κ1) is 20.9. The lowest BCUT2D eigenvalue weighted by Crippen LogP contribution is -2.38. The first-order valence-electron chi connectivity index (χ1n) is 10.4. The van der Waals surface area contributed by atoms with Gasteiger partial charge in [0.15, 0.2) is 5.96 Å². The molecule has 0 bridgehead atoms. The molecule has 2 aromatic carbocycles. The molecule has 0 spiro atoms. The number of likely N-dealkylation sites (tertiary alicyclic amines) is 1.